The lowest BCUT2D eigenvalue weighted by atomic mass is 9.51. The molecule has 0 radical (unpaired) electrons. The molecule has 8 rings (SSSR count). The van der Waals surface area contributed by atoms with Crippen molar-refractivity contribution in [3.8, 4) is 17.2 Å². The van der Waals surface area contributed by atoms with Crippen LogP contribution in [0, 0.1) is 11.8 Å². The van der Waals surface area contributed by atoms with Crippen molar-refractivity contribution in [3.05, 3.63) is 99.5 Å². The van der Waals surface area contributed by atoms with Gasteiger partial charge in [0.1, 0.15) is 28.4 Å². The van der Waals surface area contributed by atoms with Crippen LogP contribution >= 0.6 is 0 Å². The van der Waals surface area contributed by atoms with Crippen LogP contribution in [0.15, 0.2) is 77.1 Å². The number of carbonyl (C=O) groups excluding carboxylic acids is 3. The summed E-state index contributed by atoms with van der Waals surface area (Å²) in [5.74, 6) is -1.09. The van der Waals surface area contributed by atoms with Crippen molar-refractivity contribution in [1.82, 2.24) is 9.88 Å². The summed E-state index contributed by atoms with van der Waals surface area (Å²) >= 11 is 0. The van der Waals surface area contributed by atoms with Gasteiger partial charge in [0.2, 0.25) is 5.91 Å². The summed E-state index contributed by atoms with van der Waals surface area (Å²) in [6.45, 7) is 18.8. The quantitative estimate of drug-likeness (QED) is 0.169. The number of amides is 1. The van der Waals surface area contributed by atoms with Crippen LogP contribution in [0.25, 0.3) is 6.08 Å². The van der Waals surface area contributed by atoms with Gasteiger partial charge in [-0.25, -0.2) is 0 Å². The molecule has 5 atom stereocenters. The van der Waals surface area contributed by atoms with Crippen LogP contribution in [0.2, 0.25) is 0 Å². The number of hydrogen-bond acceptors (Lipinski definition) is 8. The monoisotopic (exact) mass is 760 g/mol. The molecule has 3 aliphatic carbocycles. The molecule has 6 aliphatic rings. The highest BCUT2D eigenvalue weighted by Gasteiger charge is 2.81. The molecule has 1 saturated heterocycles. The van der Waals surface area contributed by atoms with E-state index in [4.69, 9.17) is 14.2 Å². The first-order chi connectivity index (χ1) is 26.5. The number of fused-ring (bicyclic) bond motifs is 2. The number of phenolic OH excluding ortho intramolecular Hbond substituents is 1. The smallest absolute Gasteiger partial charge is 0.249 e. The summed E-state index contributed by atoms with van der Waals surface area (Å²) in [6.07, 6.45) is 16.4. The van der Waals surface area contributed by atoms with Gasteiger partial charge in [-0.15, -0.1) is 0 Å². The molecule has 1 aromatic carbocycles. The zero-order chi connectivity index (χ0) is 40.4. The minimum absolute atomic E-state index is 0.0412. The molecule has 1 aromatic heterocycles. The van der Waals surface area contributed by atoms with Gasteiger partial charge < -0.3 is 24.2 Å². The number of hydrogen-bond donors (Lipinski definition) is 1. The normalized spacial score (nSPS) is 27.7. The van der Waals surface area contributed by atoms with Crippen LogP contribution in [0.4, 0.5) is 0 Å². The maximum absolute atomic E-state index is 15.1. The summed E-state index contributed by atoms with van der Waals surface area (Å²) < 4.78 is 21.1. The molecule has 4 heterocycles. The molecule has 9 heteroatoms. The molecule has 3 aliphatic heterocycles. The lowest BCUT2D eigenvalue weighted by molar-refractivity contribution is -0.171. The zero-order valence-corrected chi connectivity index (χ0v) is 34.4. The molecule has 1 amide bonds. The summed E-state index contributed by atoms with van der Waals surface area (Å²) in [7, 11) is 0. The Hall–Kier alpha value is -4.76. The highest BCUT2D eigenvalue weighted by atomic mass is 16.6. The first-order valence-corrected chi connectivity index (χ1v) is 20.1. The minimum atomic E-state index is -1.59. The molecule has 1 N–H and O–H groups in total. The predicted octanol–water partition coefficient (Wildman–Crippen LogP) is 8.64. The highest BCUT2D eigenvalue weighted by molar-refractivity contribution is 6.19. The number of rotatable bonds is 12. The fourth-order valence-corrected chi connectivity index (χ4v) is 9.62. The number of likely N-dealkylation sites (N-methyl/N-ethyl adjacent to an activating group) is 1. The summed E-state index contributed by atoms with van der Waals surface area (Å²) in [5, 5.41) is 12.0. The Bertz CT molecular complexity index is 2130. The largest absolute Gasteiger partial charge is 0.506 e. The lowest BCUT2D eigenvalue weighted by Gasteiger charge is -2.56. The van der Waals surface area contributed by atoms with E-state index >= 15 is 4.79 Å². The Labute approximate surface area is 331 Å². The second kappa shape index (κ2) is 14.3. The average molecular weight is 761 g/mol. The zero-order valence-electron chi connectivity index (χ0n) is 34.4. The maximum atomic E-state index is 15.1. The van der Waals surface area contributed by atoms with Gasteiger partial charge >= 0.3 is 0 Å². The van der Waals surface area contributed by atoms with E-state index in [2.05, 4.69) is 31.0 Å². The van der Waals surface area contributed by atoms with E-state index < -0.39 is 28.3 Å². The van der Waals surface area contributed by atoms with E-state index in [1.54, 1.807) is 30.2 Å². The van der Waals surface area contributed by atoms with Crippen molar-refractivity contribution >= 4 is 23.5 Å². The number of aromatic hydroxyl groups is 1. The Morgan fingerprint density at radius 3 is 2.45 bits per heavy atom. The molecule has 5 unspecified atom stereocenters. The van der Waals surface area contributed by atoms with Crippen LogP contribution < -0.4 is 9.47 Å². The standard InChI is InChI=1S/C47H56N2O7/c1-10-49(25-20-32-15-11-12-24-48-32)43(53)30(6)18-23-46-42(52)31-26-35-39(51)37-38(50)33-19-22-45(9,21-13-14-28(2)3)54-40(33)34(17-16-29(4)5)41(37)55-47(35,46)36(27-31)44(7,8)56-46/h11-12,14-16,18-19,22,24,26,31,36,50H,10,13,17,20-21,23,25,27H2,1-9H3. The Kier molecular flexibility index (Phi) is 10.1. The lowest BCUT2D eigenvalue weighted by Crippen LogP contribution is -2.72. The van der Waals surface area contributed by atoms with Crippen LogP contribution in [0.1, 0.15) is 115 Å². The molecule has 1 saturated carbocycles. The number of Topliss-reactive ketones (excluding diaryl/α,β-unsaturated/α-hetero) is 2. The van der Waals surface area contributed by atoms with E-state index in [9.17, 15) is 14.7 Å². The number of ether oxygens (including phenoxy) is 3. The SMILES string of the molecule is CCN(CCc1ccccn1)C(=O)C(C)=CCC12OC(C)(C)C3CC(C=C4C(=O)c5c(O)c6c(c(CC=C(C)C)c5OC431)OC(C)(CCC=C(C)C)C=C6)C2=O. The Morgan fingerprint density at radius 1 is 1.02 bits per heavy atom. The minimum Gasteiger partial charge on any atom is -0.506 e. The molecule has 56 heavy (non-hydrogen) atoms. The van der Waals surface area contributed by atoms with E-state index in [0.717, 1.165) is 17.7 Å². The van der Waals surface area contributed by atoms with Gasteiger partial charge in [-0.05, 0) is 112 Å². The fraction of sp³-hybridized carbons (Fsp3) is 0.489. The van der Waals surface area contributed by atoms with E-state index in [1.807, 2.05) is 71.9 Å². The predicted molar refractivity (Wildman–Crippen MR) is 217 cm³/mol. The summed E-state index contributed by atoms with van der Waals surface area (Å²) in [6, 6.07) is 5.75. The number of phenols is 1. The number of pyridine rings is 1. The van der Waals surface area contributed by atoms with Gasteiger partial charge in [0.15, 0.2) is 22.8 Å². The molecule has 2 aromatic rings. The molecular formula is C47H56N2O7. The first-order valence-electron chi connectivity index (χ1n) is 20.1. The second-order valence-electron chi connectivity index (χ2n) is 17.4. The van der Waals surface area contributed by atoms with Crippen molar-refractivity contribution in [3.63, 3.8) is 0 Å². The Balaban J connectivity index is 1.32. The molecule has 2 fully saturated rings. The van der Waals surface area contributed by atoms with E-state index in [-0.39, 0.29) is 46.9 Å². The summed E-state index contributed by atoms with van der Waals surface area (Å²) in [5.41, 5.74) is 0.581. The van der Waals surface area contributed by atoms with Gasteiger partial charge in [-0.2, -0.15) is 0 Å². The third-order valence-corrected chi connectivity index (χ3v) is 12.5. The first kappa shape index (κ1) is 39.5. The third-order valence-electron chi connectivity index (χ3n) is 12.5. The average Bonchev–Trinajstić information content (AvgIpc) is 3.30. The van der Waals surface area contributed by atoms with E-state index in [1.165, 1.54) is 5.57 Å². The van der Waals surface area contributed by atoms with Crippen molar-refractivity contribution in [2.24, 2.45) is 11.8 Å². The van der Waals surface area contributed by atoms with Gasteiger partial charge in [0.25, 0.3) is 0 Å². The number of nitrogens with zero attached hydrogens (tertiary/aromatic N) is 2. The molecular weight excluding hydrogens is 705 g/mol. The molecule has 4 bridgehead atoms. The third kappa shape index (κ3) is 6.27. The van der Waals surface area contributed by atoms with Gasteiger partial charge in [0, 0.05) is 66.4 Å². The Morgan fingerprint density at radius 2 is 1.77 bits per heavy atom. The van der Waals surface area contributed by atoms with Crippen LogP contribution in [0.3, 0.4) is 0 Å². The number of benzene rings is 1. The van der Waals surface area contributed by atoms with Crippen LogP contribution in [-0.2, 0) is 27.2 Å². The van der Waals surface area contributed by atoms with Crippen LogP contribution in [-0.4, -0.2) is 68.0 Å². The van der Waals surface area contributed by atoms with Crippen molar-refractivity contribution in [1.29, 1.82) is 0 Å². The number of ketones is 2. The fourth-order valence-electron chi connectivity index (χ4n) is 9.62. The van der Waals surface area contributed by atoms with Crippen LogP contribution in [0.5, 0.6) is 17.2 Å². The van der Waals surface area contributed by atoms with Gasteiger partial charge in [-0.1, -0.05) is 41.5 Å². The number of carbonyl (C=O) groups is 3. The van der Waals surface area contributed by atoms with Gasteiger partial charge in [-0.3, -0.25) is 19.4 Å². The molecule has 1 spiro atoms. The number of aromatic nitrogens is 1. The second-order valence-corrected chi connectivity index (χ2v) is 17.4. The molecule has 9 nitrogen and oxygen atoms in total. The maximum Gasteiger partial charge on any atom is 0.249 e. The topological polar surface area (TPSA) is 115 Å². The van der Waals surface area contributed by atoms with Crippen molar-refractivity contribution in [2.45, 2.75) is 123 Å². The van der Waals surface area contributed by atoms with E-state index in [0.29, 0.717) is 66.8 Å². The van der Waals surface area contributed by atoms with Crippen molar-refractivity contribution in [2.75, 3.05) is 13.1 Å². The van der Waals surface area contributed by atoms with Gasteiger partial charge in [0.05, 0.1) is 11.2 Å². The highest BCUT2D eigenvalue weighted by Crippen LogP contribution is 2.68. The van der Waals surface area contributed by atoms with Crippen molar-refractivity contribution < 1.29 is 33.7 Å². The number of allylic oxidation sites excluding steroid dienone is 5. The molecule has 296 valence electrons. The summed E-state index contributed by atoms with van der Waals surface area (Å²) in [4.78, 5) is 49.9.